The summed E-state index contributed by atoms with van der Waals surface area (Å²) in [4.78, 5) is 12.2. The highest BCUT2D eigenvalue weighted by Gasteiger charge is 2.42. The minimum absolute atomic E-state index is 0.163. The molecule has 1 aromatic carbocycles. The fraction of sp³-hybridized carbons (Fsp3) is 0.444. The van der Waals surface area contributed by atoms with E-state index in [1.165, 1.54) is 10.7 Å². The van der Waals surface area contributed by atoms with Gasteiger partial charge in [0.15, 0.2) is 0 Å². The smallest absolute Gasteiger partial charge is 0.266 e. The van der Waals surface area contributed by atoms with Crippen LogP contribution in [0, 0.1) is 0 Å². The molecule has 0 aliphatic carbocycles. The maximum Gasteiger partial charge on any atom is 0.266 e. The molecule has 2 aromatic rings. The van der Waals surface area contributed by atoms with Gasteiger partial charge in [0.1, 0.15) is 0 Å². The number of benzene rings is 1. The van der Waals surface area contributed by atoms with Gasteiger partial charge in [0.05, 0.1) is 17.8 Å². The average molecular weight is 311 g/mol. The van der Waals surface area contributed by atoms with E-state index in [0.29, 0.717) is 24.9 Å². The van der Waals surface area contributed by atoms with E-state index in [1.54, 1.807) is 6.07 Å². The third-order valence-corrected chi connectivity index (χ3v) is 4.97. The quantitative estimate of drug-likeness (QED) is 0.903. The van der Waals surface area contributed by atoms with E-state index in [9.17, 15) is 9.90 Å². The second-order valence-corrected chi connectivity index (χ2v) is 6.85. The summed E-state index contributed by atoms with van der Waals surface area (Å²) in [5.74, 6) is 0. The van der Waals surface area contributed by atoms with Crippen molar-refractivity contribution in [3.05, 3.63) is 52.8 Å². The summed E-state index contributed by atoms with van der Waals surface area (Å²) >= 11 is 0. The predicted molar refractivity (Wildman–Crippen MR) is 88.1 cm³/mol. The van der Waals surface area contributed by atoms with Crippen LogP contribution in [-0.2, 0) is 6.54 Å². The molecule has 0 spiro atoms. The van der Waals surface area contributed by atoms with E-state index in [2.05, 4.69) is 10.4 Å². The van der Waals surface area contributed by atoms with Gasteiger partial charge in [0, 0.05) is 23.7 Å². The van der Waals surface area contributed by atoms with Crippen LogP contribution in [0.1, 0.15) is 25.7 Å². The van der Waals surface area contributed by atoms with E-state index < -0.39 is 5.60 Å². The number of rotatable bonds is 3. The van der Waals surface area contributed by atoms with E-state index in [1.807, 2.05) is 30.3 Å². The lowest BCUT2D eigenvalue weighted by Gasteiger charge is -2.37. The number of piperidine rings is 1. The Morgan fingerprint density at radius 1 is 1.13 bits per heavy atom. The highest BCUT2D eigenvalue weighted by molar-refractivity contribution is 5.57. The van der Waals surface area contributed by atoms with Crippen LogP contribution >= 0.6 is 0 Å². The molecule has 5 nitrogen and oxygen atoms in total. The van der Waals surface area contributed by atoms with Crippen LogP contribution in [0.5, 0.6) is 0 Å². The third kappa shape index (κ3) is 2.94. The average Bonchev–Trinajstić information content (AvgIpc) is 2.90. The lowest BCUT2D eigenvalue weighted by Crippen LogP contribution is -2.51. The summed E-state index contributed by atoms with van der Waals surface area (Å²) in [5, 5.41) is 18.9. The number of fused-ring (bicyclic) bond motifs is 2. The van der Waals surface area contributed by atoms with Crippen LogP contribution in [0.3, 0.4) is 0 Å². The van der Waals surface area contributed by atoms with Gasteiger partial charge in [-0.3, -0.25) is 4.79 Å². The minimum atomic E-state index is -0.844. The molecule has 1 aromatic heterocycles. The molecule has 2 aliphatic rings. The van der Waals surface area contributed by atoms with Crippen molar-refractivity contribution < 1.29 is 5.11 Å². The van der Waals surface area contributed by atoms with Crippen LogP contribution in [0.25, 0.3) is 11.3 Å². The van der Waals surface area contributed by atoms with Crippen molar-refractivity contribution >= 4 is 0 Å². The maximum absolute atomic E-state index is 12.2. The molecule has 2 atom stereocenters. The molecule has 23 heavy (non-hydrogen) atoms. The second-order valence-electron chi connectivity index (χ2n) is 6.85. The Labute approximate surface area is 135 Å². The Balaban J connectivity index is 1.63. The fourth-order valence-electron chi connectivity index (χ4n) is 3.96. The fourth-order valence-corrected chi connectivity index (χ4v) is 3.96. The normalized spacial score (nSPS) is 29.6. The zero-order valence-electron chi connectivity index (χ0n) is 13.0. The number of nitrogens with one attached hydrogen (secondary N) is 1. The van der Waals surface area contributed by atoms with Gasteiger partial charge in [-0.05, 0) is 31.7 Å². The van der Waals surface area contributed by atoms with Gasteiger partial charge in [0.25, 0.3) is 5.56 Å². The molecular weight excluding hydrogens is 290 g/mol. The molecule has 2 saturated heterocycles. The Morgan fingerprint density at radius 3 is 2.52 bits per heavy atom. The van der Waals surface area contributed by atoms with Crippen molar-refractivity contribution in [2.45, 2.75) is 49.9 Å². The van der Waals surface area contributed by atoms with Crippen LogP contribution in [-0.4, -0.2) is 32.6 Å². The molecule has 0 radical (unpaired) electrons. The monoisotopic (exact) mass is 311 g/mol. The first kappa shape index (κ1) is 14.6. The maximum atomic E-state index is 12.2. The van der Waals surface area contributed by atoms with E-state index in [0.717, 1.165) is 24.1 Å². The van der Waals surface area contributed by atoms with Crippen molar-refractivity contribution in [1.82, 2.24) is 15.1 Å². The largest absolute Gasteiger partial charge is 0.388 e. The van der Waals surface area contributed by atoms with Crippen LogP contribution < -0.4 is 10.9 Å². The van der Waals surface area contributed by atoms with E-state index in [4.69, 9.17) is 0 Å². The zero-order chi connectivity index (χ0) is 15.9. The van der Waals surface area contributed by atoms with Gasteiger partial charge in [-0.1, -0.05) is 30.3 Å². The summed E-state index contributed by atoms with van der Waals surface area (Å²) in [6, 6.07) is 13.8. The Bertz CT molecular complexity index is 744. The van der Waals surface area contributed by atoms with Gasteiger partial charge in [-0.15, -0.1) is 0 Å². The lowest BCUT2D eigenvalue weighted by molar-refractivity contribution is -0.0249. The van der Waals surface area contributed by atoms with Gasteiger partial charge in [-0.25, -0.2) is 4.68 Å². The highest BCUT2D eigenvalue weighted by atomic mass is 16.3. The number of hydrogen-bond donors (Lipinski definition) is 2. The van der Waals surface area contributed by atoms with Crippen molar-refractivity contribution in [2.24, 2.45) is 0 Å². The Hall–Kier alpha value is -1.98. The summed E-state index contributed by atoms with van der Waals surface area (Å²) in [7, 11) is 0. The van der Waals surface area contributed by atoms with Crippen molar-refractivity contribution in [3.8, 4) is 11.3 Å². The number of nitrogens with zero attached hydrogens (tertiary/aromatic N) is 2. The minimum Gasteiger partial charge on any atom is -0.388 e. The molecule has 2 fully saturated rings. The molecule has 2 N–H and O–H groups in total. The summed E-state index contributed by atoms with van der Waals surface area (Å²) in [6.07, 6.45) is 3.60. The summed E-state index contributed by atoms with van der Waals surface area (Å²) < 4.78 is 1.42. The van der Waals surface area contributed by atoms with E-state index in [-0.39, 0.29) is 12.1 Å². The van der Waals surface area contributed by atoms with Gasteiger partial charge in [0.2, 0.25) is 0 Å². The number of hydrogen-bond acceptors (Lipinski definition) is 4. The number of aromatic nitrogens is 2. The van der Waals surface area contributed by atoms with E-state index >= 15 is 0 Å². The first-order chi connectivity index (χ1) is 11.1. The first-order valence-electron chi connectivity index (χ1n) is 8.23. The SMILES string of the molecule is O=c1ccc(-c2ccccc2)nn1CC1(O)C[C@@H]2CC[C@@H](C1)N2. The van der Waals surface area contributed by atoms with Crippen LogP contribution in [0.15, 0.2) is 47.3 Å². The molecular formula is C18H21N3O2. The lowest BCUT2D eigenvalue weighted by atomic mass is 9.87. The molecule has 4 rings (SSSR count). The predicted octanol–water partition coefficient (Wildman–Crippen LogP) is 1.56. The van der Waals surface area contributed by atoms with Gasteiger partial charge < -0.3 is 10.4 Å². The zero-order valence-corrected chi connectivity index (χ0v) is 13.0. The van der Waals surface area contributed by atoms with Crippen molar-refractivity contribution in [1.29, 1.82) is 0 Å². The molecule has 2 aliphatic heterocycles. The van der Waals surface area contributed by atoms with Gasteiger partial charge in [-0.2, -0.15) is 5.10 Å². The third-order valence-electron chi connectivity index (χ3n) is 4.97. The highest BCUT2D eigenvalue weighted by Crippen LogP contribution is 2.34. The standard InChI is InChI=1S/C18H21N3O2/c22-17-9-8-16(13-4-2-1-3-5-13)20-21(17)12-18(23)10-14-6-7-15(11-18)19-14/h1-5,8-9,14-15,19,23H,6-7,10-12H2/t14-,15-/m0/s1. The molecule has 120 valence electrons. The summed E-state index contributed by atoms with van der Waals surface area (Å²) in [5.41, 5.74) is 0.719. The first-order valence-corrected chi connectivity index (χ1v) is 8.23. The van der Waals surface area contributed by atoms with Crippen molar-refractivity contribution in [3.63, 3.8) is 0 Å². The second kappa shape index (κ2) is 5.58. The molecule has 2 bridgehead atoms. The Morgan fingerprint density at radius 2 is 1.83 bits per heavy atom. The van der Waals surface area contributed by atoms with Gasteiger partial charge >= 0.3 is 0 Å². The van der Waals surface area contributed by atoms with Crippen LogP contribution in [0.2, 0.25) is 0 Å². The molecule has 0 unspecified atom stereocenters. The topological polar surface area (TPSA) is 67.2 Å². The van der Waals surface area contributed by atoms with Crippen molar-refractivity contribution in [2.75, 3.05) is 0 Å². The summed E-state index contributed by atoms with van der Waals surface area (Å²) in [6.45, 7) is 0.265. The Kier molecular flexibility index (Phi) is 3.54. The molecule has 0 saturated carbocycles. The number of aliphatic hydroxyl groups is 1. The molecule has 0 amide bonds. The van der Waals surface area contributed by atoms with Crippen LogP contribution in [0.4, 0.5) is 0 Å². The molecule has 3 heterocycles. The molecule has 5 heteroatoms.